The number of unbranched alkanes of at least 4 members (excludes halogenated alkanes) is 39. The lowest BCUT2D eigenvalue weighted by Crippen LogP contribution is -2.30. The highest BCUT2D eigenvalue weighted by Crippen LogP contribution is 2.45. The standard InChI is InChI=1S/C85H152O17P2/c1-5-9-13-17-21-25-29-33-37-38-39-40-44-46-50-54-58-62-66-70-83(88)96-76-81(102-85(90)72-68-64-60-56-52-48-43-36-32-28-24-20-16-12-8-4)78-100-104(93,94)98-74-79(86)73-97-103(91,92)99-77-80(101-84(89)71-67-63-59-55-51-47-42-35-31-27-23-19-15-11-7-3)75-95-82(87)69-65-61-57-53-49-45-41-34-30-26-22-18-14-10-6-2/h9,13,21,25,33-34,36-37,39-41,43,46,50,79-81,86H,5-8,10-12,14-20,22-24,26-32,35,38,42,44-45,47-49,51-78H2,1-4H3,(H,91,92)(H,93,94)/b13-9-,25-21-,37-33-,40-39-,41-34-,43-36-,50-46-. The zero-order valence-corrected chi connectivity index (χ0v) is 68.0. The fraction of sp³-hybridized carbons (Fsp3) is 0.788. The summed E-state index contributed by atoms with van der Waals surface area (Å²) >= 11 is 0. The van der Waals surface area contributed by atoms with Crippen molar-refractivity contribution in [3.63, 3.8) is 0 Å². The Hall–Kier alpha value is -3.76. The van der Waals surface area contributed by atoms with Crippen molar-refractivity contribution in [1.82, 2.24) is 0 Å². The lowest BCUT2D eigenvalue weighted by molar-refractivity contribution is -0.161. The number of ether oxygens (including phenoxy) is 4. The molecule has 0 spiro atoms. The molecular formula is C85H152O17P2. The Morgan fingerprint density at radius 3 is 0.788 bits per heavy atom. The lowest BCUT2D eigenvalue weighted by Gasteiger charge is -2.21. The summed E-state index contributed by atoms with van der Waals surface area (Å²) in [6.45, 7) is 4.77. The van der Waals surface area contributed by atoms with Crippen molar-refractivity contribution in [1.29, 1.82) is 0 Å². The summed E-state index contributed by atoms with van der Waals surface area (Å²) in [7, 11) is -9.96. The van der Waals surface area contributed by atoms with Gasteiger partial charge in [-0.2, -0.15) is 0 Å². The van der Waals surface area contributed by atoms with Gasteiger partial charge in [-0.1, -0.05) is 312 Å². The minimum atomic E-state index is -4.99. The molecule has 0 radical (unpaired) electrons. The number of hydrogen-bond acceptors (Lipinski definition) is 15. The van der Waals surface area contributed by atoms with Crippen LogP contribution in [0.4, 0.5) is 0 Å². The minimum absolute atomic E-state index is 0.0789. The fourth-order valence-electron chi connectivity index (χ4n) is 11.5. The van der Waals surface area contributed by atoms with Crippen molar-refractivity contribution in [2.75, 3.05) is 39.6 Å². The number of esters is 4. The van der Waals surface area contributed by atoms with E-state index in [0.717, 1.165) is 154 Å². The van der Waals surface area contributed by atoms with Crippen LogP contribution in [0, 0.1) is 0 Å². The van der Waals surface area contributed by atoms with E-state index in [1.165, 1.54) is 141 Å². The van der Waals surface area contributed by atoms with Crippen LogP contribution in [0.3, 0.4) is 0 Å². The fourth-order valence-corrected chi connectivity index (χ4v) is 13.1. The van der Waals surface area contributed by atoms with E-state index in [1.807, 2.05) is 0 Å². The van der Waals surface area contributed by atoms with E-state index in [1.54, 1.807) is 0 Å². The van der Waals surface area contributed by atoms with Crippen LogP contribution in [-0.2, 0) is 65.4 Å². The second-order valence-electron chi connectivity index (χ2n) is 28.0. The first-order valence-electron chi connectivity index (χ1n) is 41.8. The third-order valence-corrected chi connectivity index (χ3v) is 19.7. The van der Waals surface area contributed by atoms with E-state index in [2.05, 4.69) is 113 Å². The monoisotopic (exact) mass is 1510 g/mol. The third-order valence-electron chi connectivity index (χ3n) is 17.8. The molecule has 604 valence electrons. The Bertz CT molecular complexity index is 2300. The van der Waals surface area contributed by atoms with Gasteiger partial charge in [0, 0.05) is 25.7 Å². The Labute approximate surface area is 634 Å². The molecule has 5 atom stereocenters. The van der Waals surface area contributed by atoms with E-state index in [0.29, 0.717) is 25.7 Å². The molecule has 0 saturated heterocycles. The predicted octanol–water partition coefficient (Wildman–Crippen LogP) is 24.6. The topological polar surface area (TPSA) is 237 Å². The smallest absolute Gasteiger partial charge is 0.462 e. The van der Waals surface area contributed by atoms with Crippen molar-refractivity contribution >= 4 is 39.5 Å². The highest BCUT2D eigenvalue weighted by atomic mass is 31.2. The van der Waals surface area contributed by atoms with Crippen LogP contribution in [0.5, 0.6) is 0 Å². The Morgan fingerprint density at radius 1 is 0.279 bits per heavy atom. The van der Waals surface area contributed by atoms with Crippen LogP contribution in [0.1, 0.15) is 374 Å². The van der Waals surface area contributed by atoms with Crippen LogP contribution >= 0.6 is 15.6 Å². The van der Waals surface area contributed by atoms with Gasteiger partial charge in [0.2, 0.25) is 0 Å². The first kappa shape index (κ1) is 100. The van der Waals surface area contributed by atoms with Crippen molar-refractivity contribution in [2.45, 2.75) is 393 Å². The average Bonchev–Trinajstić information content (AvgIpc) is 0.918. The molecule has 0 fully saturated rings. The summed E-state index contributed by atoms with van der Waals surface area (Å²) in [5.74, 6) is -2.20. The molecule has 0 aromatic heterocycles. The van der Waals surface area contributed by atoms with Gasteiger partial charge in [-0.3, -0.25) is 37.3 Å². The van der Waals surface area contributed by atoms with Crippen LogP contribution in [0.15, 0.2) is 85.1 Å². The molecule has 0 aliphatic rings. The first-order valence-corrected chi connectivity index (χ1v) is 44.8. The molecule has 0 aliphatic carbocycles. The molecule has 5 unspecified atom stereocenters. The number of carbonyl (C=O) groups is 4. The number of phosphoric acid groups is 2. The largest absolute Gasteiger partial charge is 0.472 e. The summed E-state index contributed by atoms with van der Waals surface area (Å²) in [5, 5.41) is 10.7. The molecule has 0 rings (SSSR count). The minimum Gasteiger partial charge on any atom is -0.462 e. The maximum atomic E-state index is 13.1. The Morgan fingerprint density at radius 2 is 0.500 bits per heavy atom. The molecule has 0 bridgehead atoms. The Balaban J connectivity index is 5.37. The predicted molar refractivity (Wildman–Crippen MR) is 427 cm³/mol. The van der Waals surface area contributed by atoms with Gasteiger partial charge in [0.1, 0.15) is 19.3 Å². The molecule has 104 heavy (non-hydrogen) atoms. The Kier molecular flexibility index (Phi) is 74.6. The number of carbonyl (C=O) groups excluding carboxylic acids is 4. The molecule has 17 nitrogen and oxygen atoms in total. The lowest BCUT2D eigenvalue weighted by atomic mass is 10.0. The average molecular weight is 1510 g/mol. The number of aliphatic hydroxyl groups is 1. The normalized spacial score (nSPS) is 14.3. The maximum Gasteiger partial charge on any atom is 0.472 e. The molecule has 0 saturated carbocycles. The second-order valence-corrected chi connectivity index (χ2v) is 30.9. The van der Waals surface area contributed by atoms with Crippen molar-refractivity contribution in [2.24, 2.45) is 0 Å². The second kappa shape index (κ2) is 77.4. The quantitative estimate of drug-likeness (QED) is 0.0169. The van der Waals surface area contributed by atoms with Gasteiger partial charge in [-0.15, -0.1) is 0 Å². The van der Waals surface area contributed by atoms with Crippen LogP contribution < -0.4 is 0 Å². The molecule has 0 aromatic rings. The van der Waals surface area contributed by atoms with Gasteiger partial charge in [-0.05, 0) is 122 Å². The number of phosphoric ester groups is 2. The zero-order valence-electron chi connectivity index (χ0n) is 66.2. The summed E-state index contributed by atoms with van der Waals surface area (Å²) in [6.07, 6.45) is 81.2. The molecule has 19 heteroatoms. The van der Waals surface area contributed by atoms with E-state index < -0.39 is 97.5 Å². The number of rotatable bonds is 79. The summed E-state index contributed by atoms with van der Waals surface area (Å²) in [6, 6.07) is 0. The van der Waals surface area contributed by atoms with Crippen LogP contribution in [0.25, 0.3) is 0 Å². The third kappa shape index (κ3) is 76.4. The summed E-state index contributed by atoms with van der Waals surface area (Å²) in [4.78, 5) is 73.1. The molecule has 0 aliphatic heterocycles. The number of aliphatic hydroxyl groups excluding tert-OH is 1. The van der Waals surface area contributed by atoms with E-state index in [9.17, 15) is 43.2 Å². The maximum absolute atomic E-state index is 13.1. The highest BCUT2D eigenvalue weighted by Gasteiger charge is 2.30. The molecule has 3 N–H and O–H groups in total. The van der Waals surface area contributed by atoms with Crippen LogP contribution in [0.2, 0.25) is 0 Å². The van der Waals surface area contributed by atoms with Gasteiger partial charge < -0.3 is 33.8 Å². The van der Waals surface area contributed by atoms with Crippen molar-refractivity contribution < 1.29 is 80.2 Å². The van der Waals surface area contributed by atoms with Crippen molar-refractivity contribution in [3.05, 3.63) is 85.1 Å². The number of hydrogen-bond donors (Lipinski definition) is 3. The van der Waals surface area contributed by atoms with Crippen LogP contribution in [-0.4, -0.2) is 96.7 Å². The molecular weight excluding hydrogens is 1350 g/mol. The molecule has 0 aromatic carbocycles. The van der Waals surface area contributed by atoms with Crippen molar-refractivity contribution in [3.8, 4) is 0 Å². The van der Waals surface area contributed by atoms with E-state index in [-0.39, 0.29) is 25.7 Å². The van der Waals surface area contributed by atoms with Gasteiger partial charge >= 0.3 is 39.5 Å². The van der Waals surface area contributed by atoms with Gasteiger partial charge in [0.25, 0.3) is 0 Å². The number of allylic oxidation sites excluding steroid dienone is 14. The zero-order chi connectivity index (χ0) is 76.0. The SMILES string of the molecule is CC/C=C\C/C=C\C/C=C\C/C=C\C/C=C\CCCCCC(=O)OCC(COP(=O)(O)OCC(O)COP(=O)(O)OCC(COC(=O)CCCCCCC/C=C\CCCCCCCC)OC(=O)CCCCCCCCCCCCCCCCC)OC(=O)CCCCCCC/C=C\CCCCCCCC. The summed E-state index contributed by atoms with van der Waals surface area (Å²) < 4.78 is 68.7. The molecule has 0 heterocycles. The van der Waals surface area contributed by atoms with E-state index in [4.69, 9.17) is 37.0 Å². The summed E-state index contributed by atoms with van der Waals surface area (Å²) in [5.41, 5.74) is 0. The first-order chi connectivity index (χ1) is 50.7. The van der Waals surface area contributed by atoms with Gasteiger partial charge in [-0.25, -0.2) is 9.13 Å². The molecule has 0 amide bonds. The highest BCUT2D eigenvalue weighted by molar-refractivity contribution is 7.47. The van der Waals surface area contributed by atoms with E-state index >= 15 is 0 Å². The van der Waals surface area contributed by atoms with Gasteiger partial charge in [0.05, 0.1) is 26.4 Å². The van der Waals surface area contributed by atoms with Gasteiger partial charge in [0.15, 0.2) is 12.2 Å².